The van der Waals surface area contributed by atoms with Gasteiger partial charge in [-0.25, -0.2) is 4.79 Å². The molecule has 1 N–H and O–H groups in total. The Hall–Kier alpha value is -3.74. The van der Waals surface area contributed by atoms with Crippen molar-refractivity contribution in [3.05, 3.63) is 83.2 Å². The van der Waals surface area contributed by atoms with Crippen LogP contribution in [0, 0.1) is 0 Å². The van der Waals surface area contributed by atoms with E-state index in [1.807, 2.05) is 24.4 Å². The molecule has 4 rings (SSSR count). The van der Waals surface area contributed by atoms with Crippen molar-refractivity contribution in [1.29, 1.82) is 0 Å². The zero-order chi connectivity index (χ0) is 20.2. The molecule has 0 saturated heterocycles. The van der Waals surface area contributed by atoms with Crippen LogP contribution in [0.1, 0.15) is 38.3 Å². The molecule has 0 unspecified atom stereocenters. The standard InChI is InChI=1S/C22H19N3O4/c26-20(18-6-8-19-17(12-18)7-9-21(27)24-19)14-29-22(28)16-4-2-15(3-5-16)13-25-11-1-10-23-25/h1-6,8,10-12H,7,9,13-14H2,(H,24,27). The summed E-state index contributed by atoms with van der Waals surface area (Å²) >= 11 is 0. The van der Waals surface area contributed by atoms with Gasteiger partial charge in [0.15, 0.2) is 12.4 Å². The van der Waals surface area contributed by atoms with E-state index in [1.54, 1.807) is 41.2 Å². The molecule has 0 fully saturated rings. The molecule has 146 valence electrons. The Labute approximate surface area is 167 Å². The van der Waals surface area contributed by atoms with E-state index in [4.69, 9.17) is 4.74 Å². The van der Waals surface area contributed by atoms with Crippen LogP contribution in [0.5, 0.6) is 0 Å². The molecule has 0 saturated carbocycles. The van der Waals surface area contributed by atoms with Gasteiger partial charge in [0.05, 0.1) is 12.1 Å². The van der Waals surface area contributed by atoms with E-state index in [9.17, 15) is 14.4 Å². The van der Waals surface area contributed by atoms with Crippen LogP contribution in [0.2, 0.25) is 0 Å². The molecule has 2 aromatic carbocycles. The third kappa shape index (κ3) is 4.40. The number of Topliss-reactive ketones (excluding diaryl/α,β-unsaturated/α-hetero) is 1. The molecule has 3 aromatic rings. The van der Waals surface area contributed by atoms with E-state index in [-0.39, 0.29) is 18.3 Å². The summed E-state index contributed by atoms with van der Waals surface area (Å²) in [5.41, 5.74) is 3.49. The van der Waals surface area contributed by atoms with Crippen LogP contribution in [0.15, 0.2) is 60.9 Å². The average molecular weight is 389 g/mol. The Kier molecular flexibility index (Phi) is 5.20. The summed E-state index contributed by atoms with van der Waals surface area (Å²) in [6.45, 7) is 0.276. The van der Waals surface area contributed by atoms with Crippen molar-refractivity contribution in [2.45, 2.75) is 19.4 Å². The quantitative estimate of drug-likeness (QED) is 0.517. The largest absolute Gasteiger partial charge is 0.454 e. The van der Waals surface area contributed by atoms with Gasteiger partial charge in [0, 0.05) is 30.1 Å². The highest BCUT2D eigenvalue weighted by molar-refractivity contribution is 6.01. The van der Waals surface area contributed by atoms with Crippen molar-refractivity contribution < 1.29 is 19.1 Å². The summed E-state index contributed by atoms with van der Waals surface area (Å²) in [5, 5.41) is 6.92. The topological polar surface area (TPSA) is 90.3 Å². The second-order valence-corrected chi connectivity index (χ2v) is 6.82. The number of benzene rings is 2. The first-order valence-electron chi connectivity index (χ1n) is 9.28. The lowest BCUT2D eigenvalue weighted by Gasteiger charge is -2.17. The third-order valence-electron chi connectivity index (χ3n) is 4.75. The molecule has 1 aliphatic rings. The number of aromatic nitrogens is 2. The zero-order valence-corrected chi connectivity index (χ0v) is 15.6. The molecular weight excluding hydrogens is 370 g/mol. The highest BCUT2D eigenvalue weighted by atomic mass is 16.5. The highest BCUT2D eigenvalue weighted by Crippen LogP contribution is 2.23. The minimum atomic E-state index is -0.547. The van der Waals surface area contributed by atoms with Gasteiger partial charge in [-0.1, -0.05) is 12.1 Å². The molecule has 0 bridgehead atoms. The lowest BCUT2D eigenvalue weighted by Crippen LogP contribution is -2.20. The molecule has 0 radical (unpaired) electrons. The number of esters is 1. The minimum absolute atomic E-state index is 0.0267. The van der Waals surface area contributed by atoms with Crippen LogP contribution in [0.25, 0.3) is 0 Å². The number of carbonyl (C=O) groups excluding carboxylic acids is 3. The van der Waals surface area contributed by atoms with Crippen LogP contribution in [0.4, 0.5) is 5.69 Å². The lowest BCUT2D eigenvalue weighted by atomic mass is 9.99. The predicted octanol–water partition coefficient (Wildman–Crippen LogP) is 2.86. The number of amides is 1. The number of ether oxygens (including phenoxy) is 1. The SMILES string of the molecule is O=C1CCc2cc(C(=O)COC(=O)c3ccc(Cn4cccn4)cc3)ccc2N1. The molecular formula is C22H19N3O4. The number of hydrogen-bond acceptors (Lipinski definition) is 5. The van der Waals surface area contributed by atoms with Gasteiger partial charge in [-0.2, -0.15) is 5.10 Å². The first kappa shape index (κ1) is 18.6. The number of carbonyl (C=O) groups is 3. The maximum atomic E-state index is 12.4. The fraction of sp³-hybridized carbons (Fsp3) is 0.182. The van der Waals surface area contributed by atoms with Crippen molar-refractivity contribution >= 4 is 23.3 Å². The average Bonchev–Trinajstić information content (AvgIpc) is 3.25. The van der Waals surface area contributed by atoms with E-state index in [2.05, 4.69) is 10.4 Å². The fourth-order valence-electron chi connectivity index (χ4n) is 3.18. The van der Waals surface area contributed by atoms with Crippen LogP contribution in [-0.2, 0) is 22.5 Å². The molecule has 1 amide bonds. The van der Waals surface area contributed by atoms with Gasteiger partial charge in [0.2, 0.25) is 5.91 Å². The molecule has 7 heteroatoms. The minimum Gasteiger partial charge on any atom is -0.454 e. The Morgan fingerprint density at radius 2 is 1.86 bits per heavy atom. The summed E-state index contributed by atoms with van der Waals surface area (Å²) in [5.74, 6) is -0.858. The van der Waals surface area contributed by atoms with Gasteiger partial charge in [-0.3, -0.25) is 14.3 Å². The molecule has 1 aromatic heterocycles. The Morgan fingerprint density at radius 3 is 2.62 bits per heavy atom. The van der Waals surface area contributed by atoms with E-state index in [1.165, 1.54) is 0 Å². The molecule has 1 aliphatic heterocycles. The van der Waals surface area contributed by atoms with Gasteiger partial charge in [-0.15, -0.1) is 0 Å². The Bertz CT molecular complexity index is 1060. The van der Waals surface area contributed by atoms with Gasteiger partial charge in [-0.05, 0) is 53.9 Å². The second-order valence-electron chi connectivity index (χ2n) is 6.82. The maximum Gasteiger partial charge on any atom is 0.338 e. The Balaban J connectivity index is 1.34. The molecule has 29 heavy (non-hydrogen) atoms. The maximum absolute atomic E-state index is 12.4. The first-order chi connectivity index (χ1) is 14.1. The normalized spacial score (nSPS) is 12.8. The summed E-state index contributed by atoms with van der Waals surface area (Å²) < 4.78 is 6.96. The van der Waals surface area contributed by atoms with Crippen LogP contribution in [-0.4, -0.2) is 34.0 Å². The van der Waals surface area contributed by atoms with Crippen LogP contribution < -0.4 is 5.32 Å². The smallest absolute Gasteiger partial charge is 0.338 e. The predicted molar refractivity (Wildman–Crippen MR) is 106 cm³/mol. The molecule has 0 atom stereocenters. The lowest BCUT2D eigenvalue weighted by molar-refractivity contribution is -0.116. The van der Waals surface area contributed by atoms with E-state index in [0.717, 1.165) is 16.8 Å². The number of hydrogen-bond donors (Lipinski definition) is 1. The Morgan fingerprint density at radius 1 is 1.07 bits per heavy atom. The number of anilines is 1. The summed E-state index contributed by atoms with van der Waals surface area (Å²) in [6.07, 6.45) is 4.56. The van der Waals surface area contributed by atoms with E-state index in [0.29, 0.717) is 30.5 Å². The van der Waals surface area contributed by atoms with Crippen molar-refractivity contribution in [2.24, 2.45) is 0 Å². The van der Waals surface area contributed by atoms with Crippen LogP contribution >= 0.6 is 0 Å². The highest BCUT2D eigenvalue weighted by Gasteiger charge is 2.18. The monoisotopic (exact) mass is 389 g/mol. The summed E-state index contributed by atoms with van der Waals surface area (Å²) in [7, 11) is 0. The van der Waals surface area contributed by atoms with Crippen molar-refractivity contribution in [2.75, 3.05) is 11.9 Å². The molecule has 2 heterocycles. The summed E-state index contributed by atoms with van der Waals surface area (Å²) in [4.78, 5) is 36.0. The van der Waals surface area contributed by atoms with Gasteiger partial charge < -0.3 is 10.1 Å². The molecule has 0 spiro atoms. The number of rotatable bonds is 6. The van der Waals surface area contributed by atoms with E-state index >= 15 is 0 Å². The van der Waals surface area contributed by atoms with Gasteiger partial charge in [0.1, 0.15) is 0 Å². The van der Waals surface area contributed by atoms with Gasteiger partial charge in [0.25, 0.3) is 0 Å². The van der Waals surface area contributed by atoms with Crippen molar-refractivity contribution in [1.82, 2.24) is 9.78 Å². The fourth-order valence-corrected chi connectivity index (χ4v) is 3.18. The summed E-state index contributed by atoms with van der Waals surface area (Å²) in [6, 6.07) is 13.9. The number of nitrogens with zero attached hydrogens (tertiary/aromatic N) is 2. The number of ketones is 1. The van der Waals surface area contributed by atoms with Crippen molar-refractivity contribution in [3.8, 4) is 0 Å². The number of nitrogens with one attached hydrogen (secondary N) is 1. The second kappa shape index (κ2) is 8.10. The number of fused-ring (bicyclic) bond motifs is 1. The van der Waals surface area contributed by atoms with Crippen molar-refractivity contribution in [3.63, 3.8) is 0 Å². The molecule has 7 nitrogen and oxygen atoms in total. The van der Waals surface area contributed by atoms with E-state index < -0.39 is 5.97 Å². The van der Waals surface area contributed by atoms with Crippen LogP contribution in [0.3, 0.4) is 0 Å². The number of aryl methyl sites for hydroxylation is 1. The zero-order valence-electron chi connectivity index (χ0n) is 15.6. The van der Waals surface area contributed by atoms with Gasteiger partial charge >= 0.3 is 5.97 Å². The molecule has 0 aliphatic carbocycles. The first-order valence-corrected chi connectivity index (χ1v) is 9.28. The third-order valence-corrected chi connectivity index (χ3v) is 4.75.